The SMILES string of the molecule is CCCCOC(C)C(=O)Nc1ccc(OCC(=O)O)cc1C. The van der Waals surface area contributed by atoms with Crippen molar-refractivity contribution in [3.05, 3.63) is 23.8 Å². The van der Waals surface area contributed by atoms with Gasteiger partial charge in [0.05, 0.1) is 0 Å². The van der Waals surface area contributed by atoms with Gasteiger partial charge in [-0.25, -0.2) is 4.79 Å². The fourth-order valence-corrected chi connectivity index (χ4v) is 1.73. The van der Waals surface area contributed by atoms with E-state index in [1.807, 2.05) is 6.92 Å². The minimum atomic E-state index is -1.03. The van der Waals surface area contributed by atoms with Crippen molar-refractivity contribution in [2.45, 2.75) is 39.7 Å². The van der Waals surface area contributed by atoms with E-state index < -0.39 is 18.7 Å². The van der Waals surface area contributed by atoms with E-state index in [1.54, 1.807) is 25.1 Å². The van der Waals surface area contributed by atoms with Crippen molar-refractivity contribution in [3.8, 4) is 5.75 Å². The van der Waals surface area contributed by atoms with E-state index in [0.717, 1.165) is 18.4 Å². The number of carbonyl (C=O) groups excluding carboxylic acids is 1. The molecule has 0 bridgehead atoms. The van der Waals surface area contributed by atoms with Gasteiger partial charge in [0.25, 0.3) is 5.91 Å². The topological polar surface area (TPSA) is 84.9 Å². The van der Waals surface area contributed by atoms with E-state index in [2.05, 4.69) is 12.2 Å². The first-order valence-corrected chi connectivity index (χ1v) is 7.31. The lowest BCUT2D eigenvalue weighted by molar-refractivity contribution is -0.139. The van der Waals surface area contributed by atoms with Crippen LogP contribution in [0.5, 0.6) is 5.75 Å². The van der Waals surface area contributed by atoms with Gasteiger partial charge in [-0.05, 0) is 44.0 Å². The minimum Gasteiger partial charge on any atom is -0.482 e. The lowest BCUT2D eigenvalue weighted by atomic mass is 10.2. The number of carboxylic acid groups (broad SMARTS) is 1. The van der Waals surface area contributed by atoms with Gasteiger partial charge in [-0.1, -0.05) is 13.3 Å². The summed E-state index contributed by atoms with van der Waals surface area (Å²) < 4.78 is 10.5. The molecule has 0 aromatic heterocycles. The molecule has 0 spiro atoms. The van der Waals surface area contributed by atoms with Crippen LogP contribution < -0.4 is 10.1 Å². The molecule has 0 saturated carbocycles. The summed E-state index contributed by atoms with van der Waals surface area (Å²) in [6.45, 7) is 5.75. The molecule has 0 aliphatic carbocycles. The molecule has 0 radical (unpaired) electrons. The summed E-state index contributed by atoms with van der Waals surface area (Å²) in [6.07, 6.45) is 1.42. The van der Waals surface area contributed by atoms with Gasteiger partial charge in [-0.2, -0.15) is 0 Å². The molecule has 22 heavy (non-hydrogen) atoms. The zero-order chi connectivity index (χ0) is 16.5. The molecule has 1 amide bonds. The van der Waals surface area contributed by atoms with E-state index in [-0.39, 0.29) is 5.91 Å². The summed E-state index contributed by atoms with van der Waals surface area (Å²) >= 11 is 0. The normalized spacial score (nSPS) is 11.8. The average molecular weight is 309 g/mol. The monoisotopic (exact) mass is 309 g/mol. The minimum absolute atomic E-state index is 0.210. The van der Waals surface area contributed by atoms with Gasteiger partial charge in [0, 0.05) is 12.3 Å². The molecule has 1 unspecified atom stereocenters. The molecule has 1 atom stereocenters. The fraction of sp³-hybridized carbons (Fsp3) is 0.500. The first-order chi connectivity index (χ1) is 10.4. The number of anilines is 1. The Hall–Kier alpha value is -2.08. The Morgan fingerprint density at radius 3 is 2.68 bits per heavy atom. The molecule has 1 rings (SSSR count). The van der Waals surface area contributed by atoms with Crippen LogP contribution in [-0.4, -0.2) is 36.3 Å². The number of hydrogen-bond acceptors (Lipinski definition) is 4. The molecular formula is C16H23NO5. The molecule has 6 nitrogen and oxygen atoms in total. The van der Waals surface area contributed by atoms with E-state index >= 15 is 0 Å². The van der Waals surface area contributed by atoms with E-state index in [4.69, 9.17) is 14.6 Å². The third-order valence-electron chi connectivity index (χ3n) is 3.05. The van der Waals surface area contributed by atoms with Crippen LogP contribution in [0.4, 0.5) is 5.69 Å². The van der Waals surface area contributed by atoms with Crippen LogP contribution in [0.2, 0.25) is 0 Å². The first kappa shape index (κ1) is 18.0. The standard InChI is InChI=1S/C16H23NO5/c1-4-5-8-21-12(3)16(20)17-14-7-6-13(9-11(14)2)22-10-15(18)19/h6-7,9,12H,4-5,8,10H2,1-3H3,(H,17,20)(H,18,19). The number of carboxylic acids is 1. The van der Waals surface area contributed by atoms with Crippen molar-refractivity contribution in [2.75, 3.05) is 18.5 Å². The number of hydrogen-bond donors (Lipinski definition) is 2. The van der Waals surface area contributed by atoms with Gasteiger partial charge in [0.2, 0.25) is 0 Å². The Balaban J connectivity index is 2.58. The van der Waals surface area contributed by atoms with Crippen LogP contribution in [0.25, 0.3) is 0 Å². The number of rotatable bonds is 9. The maximum atomic E-state index is 12.0. The number of nitrogens with one attached hydrogen (secondary N) is 1. The number of benzene rings is 1. The molecular weight excluding hydrogens is 286 g/mol. The van der Waals surface area contributed by atoms with Crippen LogP contribution in [0.15, 0.2) is 18.2 Å². The average Bonchev–Trinajstić information content (AvgIpc) is 2.47. The summed E-state index contributed by atoms with van der Waals surface area (Å²) in [5, 5.41) is 11.4. The van der Waals surface area contributed by atoms with Crippen molar-refractivity contribution in [1.82, 2.24) is 0 Å². The van der Waals surface area contributed by atoms with Crippen molar-refractivity contribution in [2.24, 2.45) is 0 Å². The summed E-state index contributed by atoms with van der Waals surface area (Å²) in [7, 11) is 0. The van der Waals surface area contributed by atoms with Crippen molar-refractivity contribution >= 4 is 17.6 Å². The molecule has 1 aromatic rings. The predicted molar refractivity (Wildman–Crippen MR) is 83.3 cm³/mol. The Labute approximate surface area is 130 Å². The highest BCUT2D eigenvalue weighted by Crippen LogP contribution is 2.21. The highest BCUT2D eigenvalue weighted by Gasteiger charge is 2.14. The second-order valence-corrected chi connectivity index (χ2v) is 5.01. The van der Waals surface area contributed by atoms with Gasteiger partial charge in [-0.15, -0.1) is 0 Å². The first-order valence-electron chi connectivity index (χ1n) is 7.31. The third-order valence-corrected chi connectivity index (χ3v) is 3.05. The smallest absolute Gasteiger partial charge is 0.341 e. The van der Waals surface area contributed by atoms with E-state index in [9.17, 15) is 9.59 Å². The zero-order valence-electron chi connectivity index (χ0n) is 13.2. The highest BCUT2D eigenvalue weighted by atomic mass is 16.5. The summed E-state index contributed by atoms with van der Waals surface area (Å²) in [5.41, 5.74) is 1.44. The molecule has 2 N–H and O–H groups in total. The third kappa shape index (κ3) is 6.13. The van der Waals surface area contributed by atoms with E-state index in [1.165, 1.54) is 0 Å². The highest BCUT2D eigenvalue weighted by molar-refractivity contribution is 5.94. The van der Waals surface area contributed by atoms with Crippen molar-refractivity contribution in [1.29, 1.82) is 0 Å². The quantitative estimate of drug-likeness (QED) is 0.685. The molecule has 0 saturated heterocycles. The molecule has 0 heterocycles. The maximum absolute atomic E-state index is 12.0. The molecule has 1 aromatic carbocycles. The molecule has 0 fully saturated rings. The Morgan fingerprint density at radius 2 is 2.09 bits per heavy atom. The summed E-state index contributed by atoms with van der Waals surface area (Å²) in [5.74, 6) is -0.795. The number of amides is 1. The Morgan fingerprint density at radius 1 is 1.36 bits per heavy atom. The lowest BCUT2D eigenvalue weighted by Crippen LogP contribution is -2.28. The Kier molecular flexibility index (Phi) is 7.39. The summed E-state index contributed by atoms with van der Waals surface area (Å²) in [6, 6.07) is 4.98. The van der Waals surface area contributed by atoms with Crippen molar-refractivity contribution in [3.63, 3.8) is 0 Å². The number of carbonyl (C=O) groups is 2. The van der Waals surface area contributed by atoms with Crippen LogP contribution in [-0.2, 0) is 14.3 Å². The summed E-state index contributed by atoms with van der Waals surface area (Å²) in [4.78, 5) is 22.5. The molecule has 0 aliphatic heterocycles. The second-order valence-electron chi connectivity index (χ2n) is 5.01. The molecule has 0 aliphatic rings. The number of aliphatic carboxylic acids is 1. The fourth-order valence-electron chi connectivity index (χ4n) is 1.73. The largest absolute Gasteiger partial charge is 0.482 e. The van der Waals surface area contributed by atoms with E-state index in [0.29, 0.717) is 18.0 Å². The maximum Gasteiger partial charge on any atom is 0.341 e. The van der Waals surface area contributed by atoms with Gasteiger partial charge < -0.3 is 19.9 Å². The van der Waals surface area contributed by atoms with Gasteiger partial charge >= 0.3 is 5.97 Å². The van der Waals surface area contributed by atoms with Gasteiger partial charge in [-0.3, -0.25) is 4.79 Å². The van der Waals surface area contributed by atoms with Crippen LogP contribution in [0, 0.1) is 6.92 Å². The number of aryl methyl sites for hydroxylation is 1. The molecule has 122 valence electrons. The van der Waals surface area contributed by atoms with Gasteiger partial charge in [0.1, 0.15) is 11.9 Å². The van der Waals surface area contributed by atoms with Crippen LogP contribution in [0.1, 0.15) is 32.3 Å². The second kappa shape index (κ2) is 9.04. The number of unbranched alkanes of at least 4 members (excludes halogenated alkanes) is 1. The Bertz CT molecular complexity index is 515. The molecule has 6 heteroatoms. The predicted octanol–water partition coefficient (Wildman–Crippen LogP) is 2.60. The zero-order valence-corrected chi connectivity index (χ0v) is 13.2. The van der Waals surface area contributed by atoms with Crippen LogP contribution >= 0.6 is 0 Å². The van der Waals surface area contributed by atoms with Gasteiger partial charge in [0.15, 0.2) is 6.61 Å². The number of ether oxygens (including phenoxy) is 2. The van der Waals surface area contributed by atoms with Crippen LogP contribution in [0.3, 0.4) is 0 Å². The van der Waals surface area contributed by atoms with Crippen molar-refractivity contribution < 1.29 is 24.2 Å². The lowest BCUT2D eigenvalue weighted by Gasteiger charge is -2.15.